The van der Waals surface area contributed by atoms with Crippen LogP contribution in [0.4, 0.5) is 0 Å². The summed E-state index contributed by atoms with van der Waals surface area (Å²) < 4.78 is 0.453. The van der Waals surface area contributed by atoms with Crippen molar-refractivity contribution in [3.63, 3.8) is 0 Å². The van der Waals surface area contributed by atoms with Crippen LogP contribution in [-0.4, -0.2) is 37.7 Å². The van der Waals surface area contributed by atoms with Gasteiger partial charge < -0.3 is 5.11 Å². The number of pyridine rings is 1. The summed E-state index contributed by atoms with van der Waals surface area (Å²) in [6, 6.07) is 11.5. The second-order valence-corrected chi connectivity index (χ2v) is 8.33. The smallest absolute Gasteiger partial charge is 0.303 e. The monoisotopic (exact) mass is 432 g/mol. The van der Waals surface area contributed by atoms with Crippen molar-refractivity contribution in [2.75, 3.05) is 6.54 Å². The van der Waals surface area contributed by atoms with Gasteiger partial charge in [-0.1, -0.05) is 53.8 Å². The van der Waals surface area contributed by atoms with Crippen molar-refractivity contribution in [3.8, 4) is 0 Å². The lowest BCUT2D eigenvalue weighted by Crippen LogP contribution is -2.29. The van der Waals surface area contributed by atoms with Crippen LogP contribution in [0.5, 0.6) is 0 Å². The van der Waals surface area contributed by atoms with E-state index in [1.807, 2.05) is 36.4 Å². The zero-order chi connectivity index (χ0) is 20.1. The van der Waals surface area contributed by atoms with Gasteiger partial charge in [0.15, 0.2) is 0 Å². The molecule has 0 spiro atoms. The third-order valence-electron chi connectivity index (χ3n) is 4.09. The maximum atomic E-state index is 12.5. The Morgan fingerprint density at radius 2 is 2.00 bits per heavy atom. The average molecular weight is 433 g/mol. The van der Waals surface area contributed by atoms with Crippen molar-refractivity contribution in [1.82, 2.24) is 9.88 Å². The molecule has 0 bridgehead atoms. The molecule has 1 aromatic heterocycles. The lowest BCUT2D eigenvalue weighted by molar-refractivity contribution is -0.137. The fourth-order valence-electron chi connectivity index (χ4n) is 2.67. The van der Waals surface area contributed by atoms with Crippen molar-refractivity contribution >= 4 is 57.9 Å². The molecule has 28 heavy (non-hydrogen) atoms. The molecule has 8 heteroatoms. The zero-order valence-electron chi connectivity index (χ0n) is 14.8. The van der Waals surface area contributed by atoms with Crippen LogP contribution in [0, 0.1) is 0 Å². The molecule has 1 N–H and O–H groups in total. The summed E-state index contributed by atoms with van der Waals surface area (Å²) in [5.74, 6) is -1.07. The molecule has 144 valence electrons. The second-order valence-electron chi connectivity index (χ2n) is 6.22. The van der Waals surface area contributed by atoms with E-state index in [-0.39, 0.29) is 12.3 Å². The van der Waals surface area contributed by atoms with Crippen molar-refractivity contribution < 1.29 is 14.7 Å². The van der Waals surface area contributed by atoms with Gasteiger partial charge in [-0.3, -0.25) is 19.5 Å². The molecule has 3 rings (SSSR count). The number of rotatable bonds is 7. The minimum absolute atomic E-state index is 0.00904. The number of carbonyl (C=O) groups is 2. The van der Waals surface area contributed by atoms with Crippen LogP contribution in [0.1, 0.15) is 29.7 Å². The van der Waals surface area contributed by atoms with Crippen LogP contribution < -0.4 is 0 Å². The van der Waals surface area contributed by atoms with Gasteiger partial charge in [0.1, 0.15) is 4.32 Å². The van der Waals surface area contributed by atoms with Crippen LogP contribution in [0.3, 0.4) is 0 Å². The highest BCUT2D eigenvalue weighted by atomic mass is 35.5. The molecule has 5 nitrogen and oxygen atoms in total. The molecule has 1 aliphatic rings. The first kappa shape index (κ1) is 20.5. The maximum Gasteiger partial charge on any atom is 0.303 e. The Morgan fingerprint density at radius 1 is 1.25 bits per heavy atom. The molecule has 0 radical (unpaired) electrons. The molecule has 1 amide bonds. The van der Waals surface area contributed by atoms with Gasteiger partial charge in [0.25, 0.3) is 5.91 Å². The summed E-state index contributed by atoms with van der Waals surface area (Å²) in [4.78, 5) is 29.6. The van der Waals surface area contributed by atoms with E-state index in [1.165, 1.54) is 16.7 Å². The Kier molecular flexibility index (Phi) is 6.83. The average Bonchev–Trinajstić information content (AvgIpc) is 2.92. The van der Waals surface area contributed by atoms with Crippen molar-refractivity contribution in [2.45, 2.75) is 19.3 Å². The molecule has 0 atom stereocenters. The summed E-state index contributed by atoms with van der Waals surface area (Å²) in [7, 11) is 0. The summed E-state index contributed by atoms with van der Waals surface area (Å²) in [6.07, 6.45) is 4.56. The number of thioether (sulfide) groups is 1. The van der Waals surface area contributed by atoms with Gasteiger partial charge >= 0.3 is 5.97 Å². The predicted molar refractivity (Wildman–Crippen MR) is 115 cm³/mol. The molecule has 0 aliphatic carbocycles. The van der Waals surface area contributed by atoms with Crippen molar-refractivity contribution in [2.24, 2.45) is 0 Å². The Bertz CT molecular complexity index is 927. The number of carboxylic acids is 1. The molecule has 1 aliphatic heterocycles. The lowest BCUT2D eigenvalue weighted by Gasteiger charge is -2.13. The summed E-state index contributed by atoms with van der Waals surface area (Å²) in [5.41, 5.74) is 2.85. The quantitative estimate of drug-likeness (QED) is 0.516. The first-order valence-electron chi connectivity index (χ1n) is 8.59. The van der Waals surface area contributed by atoms with E-state index in [0.717, 1.165) is 16.8 Å². The summed E-state index contributed by atoms with van der Waals surface area (Å²) in [6.45, 7) is 0.312. The number of thiocarbonyl (C=S) groups is 1. The van der Waals surface area contributed by atoms with E-state index in [1.54, 1.807) is 12.3 Å². The van der Waals surface area contributed by atoms with Gasteiger partial charge in [0, 0.05) is 36.3 Å². The maximum absolute atomic E-state index is 12.5. The Hall–Kier alpha value is -2.22. The fourth-order valence-corrected chi connectivity index (χ4v) is 4.10. The predicted octanol–water partition coefficient (Wildman–Crippen LogP) is 4.39. The molecule has 1 aromatic carbocycles. The number of amides is 1. The first-order valence-corrected chi connectivity index (χ1v) is 10.2. The van der Waals surface area contributed by atoms with E-state index in [0.29, 0.717) is 33.6 Å². The Balaban J connectivity index is 1.64. The number of nitrogens with zero attached hydrogens (tertiary/aromatic N) is 2. The van der Waals surface area contributed by atoms with Crippen LogP contribution in [-0.2, 0) is 16.0 Å². The van der Waals surface area contributed by atoms with Gasteiger partial charge in [0.2, 0.25) is 0 Å². The van der Waals surface area contributed by atoms with E-state index in [4.69, 9.17) is 28.9 Å². The van der Waals surface area contributed by atoms with Crippen molar-refractivity contribution in [3.05, 3.63) is 69.3 Å². The SMILES string of the molecule is O=C(O)CCCN1C(=O)C(=Cc2ccc(Cc3ccc(Cl)cc3)nc2)SC1=S. The molecular weight excluding hydrogens is 416 g/mol. The minimum atomic E-state index is -0.884. The van der Waals surface area contributed by atoms with Gasteiger partial charge in [-0.05, 0) is 41.8 Å². The summed E-state index contributed by atoms with van der Waals surface area (Å²) >= 11 is 12.4. The normalized spacial score (nSPS) is 15.5. The number of carboxylic acid groups (broad SMARTS) is 1. The topological polar surface area (TPSA) is 70.5 Å². The largest absolute Gasteiger partial charge is 0.481 e. The Morgan fingerprint density at radius 3 is 2.64 bits per heavy atom. The van der Waals surface area contributed by atoms with E-state index in [9.17, 15) is 9.59 Å². The van der Waals surface area contributed by atoms with Gasteiger partial charge in [-0.15, -0.1) is 0 Å². The van der Waals surface area contributed by atoms with Gasteiger partial charge in [0.05, 0.1) is 4.91 Å². The lowest BCUT2D eigenvalue weighted by atomic mass is 10.1. The number of aromatic nitrogens is 1. The highest BCUT2D eigenvalue weighted by Gasteiger charge is 2.31. The van der Waals surface area contributed by atoms with Crippen LogP contribution >= 0.6 is 35.6 Å². The van der Waals surface area contributed by atoms with Gasteiger partial charge in [-0.25, -0.2) is 0 Å². The van der Waals surface area contributed by atoms with Crippen LogP contribution in [0.25, 0.3) is 6.08 Å². The number of aliphatic carboxylic acids is 1. The third kappa shape index (κ3) is 5.41. The van der Waals surface area contributed by atoms with Crippen molar-refractivity contribution in [1.29, 1.82) is 0 Å². The molecule has 2 heterocycles. The Labute approximate surface area is 177 Å². The molecule has 1 saturated heterocycles. The van der Waals surface area contributed by atoms with E-state index >= 15 is 0 Å². The number of carbonyl (C=O) groups excluding carboxylic acids is 1. The van der Waals surface area contributed by atoms with Crippen LogP contribution in [0.15, 0.2) is 47.5 Å². The molecule has 0 saturated carbocycles. The second kappa shape index (κ2) is 9.32. The van der Waals surface area contributed by atoms with E-state index in [2.05, 4.69) is 4.98 Å². The molecular formula is C20H17ClN2O3S2. The third-order valence-corrected chi connectivity index (χ3v) is 5.72. The molecule has 2 aromatic rings. The fraction of sp³-hybridized carbons (Fsp3) is 0.200. The standard InChI is InChI=1S/C20H17ClN2O3S2/c21-15-6-3-13(4-7-15)10-16-8-5-14(12-22-16)11-17-19(26)23(20(27)28-17)9-1-2-18(24)25/h3-8,11-12H,1-2,9-10H2,(H,24,25). The zero-order valence-corrected chi connectivity index (χ0v) is 17.2. The molecule has 0 unspecified atom stereocenters. The number of hydrogen-bond donors (Lipinski definition) is 1. The number of hydrogen-bond acceptors (Lipinski definition) is 5. The minimum Gasteiger partial charge on any atom is -0.481 e. The number of halogens is 1. The van der Waals surface area contributed by atoms with E-state index < -0.39 is 5.97 Å². The number of benzene rings is 1. The summed E-state index contributed by atoms with van der Waals surface area (Å²) in [5, 5.41) is 9.43. The molecule has 1 fully saturated rings. The highest BCUT2D eigenvalue weighted by molar-refractivity contribution is 8.26. The van der Waals surface area contributed by atoms with Gasteiger partial charge in [-0.2, -0.15) is 0 Å². The first-order chi connectivity index (χ1) is 13.4. The van der Waals surface area contributed by atoms with Crippen LogP contribution in [0.2, 0.25) is 5.02 Å². The highest BCUT2D eigenvalue weighted by Crippen LogP contribution is 2.32.